The second-order valence-corrected chi connectivity index (χ2v) is 9.59. The molecular formula is C23H23FN2O6S. The van der Waals surface area contributed by atoms with Gasteiger partial charge in [0.05, 0.1) is 11.5 Å². The molecule has 0 bridgehead atoms. The first-order valence-electron chi connectivity index (χ1n) is 10.4. The molecule has 2 aliphatic rings. The van der Waals surface area contributed by atoms with Crippen LogP contribution in [0.25, 0.3) is 6.08 Å². The van der Waals surface area contributed by atoms with Crippen molar-refractivity contribution in [3.63, 3.8) is 0 Å². The average molecular weight is 475 g/mol. The van der Waals surface area contributed by atoms with E-state index in [2.05, 4.69) is 5.32 Å². The van der Waals surface area contributed by atoms with Gasteiger partial charge in [-0.25, -0.2) is 8.42 Å². The Morgan fingerprint density at radius 2 is 1.94 bits per heavy atom. The van der Waals surface area contributed by atoms with E-state index >= 15 is 4.48 Å². The number of nitrogens with zero attached hydrogens (tertiary/aromatic N) is 1. The third-order valence-electron chi connectivity index (χ3n) is 6.08. The zero-order valence-corrected chi connectivity index (χ0v) is 18.6. The summed E-state index contributed by atoms with van der Waals surface area (Å²) in [5.74, 6) is -3.05. The van der Waals surface area contributed by atoms with Gasteiger partial charge in [0.2, 0.25) is 5.91 Å². The number of amides is 1. The minimum absolute atomic E-state index is 0.109. The number of nitrogens with one attached hydrogen (secondary N) is 1. The summed E-state index contributed by atoms with van der Waals surface area (Å²) in [4.78, 5) is 23.3. The quantitative estimate of drug-likeness (QED) is 0.569. The predicted molar refractivity (Wildman–Crippen MR) is 117 cm³/mol. The number of ether oxygens (including phenoxy) is 1. The van der Waals surface area contributed by atoms with Gasteiger partial charge in [0, 0.05) is 30.4 Å². The molecule has 10 heteroatoms. The van der Waals surface area contributed by atoms with E-state index < -0.39 is 37.9 Å². The van der Waals surface area contributed by atoms with Gasteiger partial charge in [0.1, 0.15) is 5.75 Å². The number of fused-ring (bicyclic) bond motifs is 3. The molecule has 2 aromatic carbocycles. The summed E-state index contributed by atoms with van der Waals surface area (Å²) in [6, 6.07) is 12.4. The summed E-state index contributed by atoms with van der Waals surface area (Å²) in [7, 11) is -4.84. The summed E-state index contributed by atoms with van der Waals surface area (Å²) >= 11 is 0. The minimum atomic E-state index is -4.84. The molecule has 4 rings (SSSR count). The van der Waals surface area contributed by atoms with Gasteiger partial charge in [-0.3, -0.25) is 9.59 Å². The number of hydrogen-bond donors (Lipinski definition) is 2. The second kappa shape index (κ2) is 8.60. The third kappa shape index (κ3) is 3.68. The van der Waals surface area contributed by atoms with Crippen LogP contribution in [0.1, 0.15) is 30.4 Å². The Morgan fingerprint density at radius 3 is 2.67 bits per heavy atom. The van der Waals surface area contributed by atoms with Crippen molar-refractivity contribution in [1.29, 1.82) is 0 Å². The maximum Gasteiger partial charge on any atom is 0.329 e. The van der Waals surface area contributed by atoms with E-state index in [1.165, 1.54) is 24.3 Å². The summed E-state index contributed by atoms with van der Waals surface area (Å²) in [6.45, 7) is 1.76. The van der Waals surface area contributed by atoms with Crippen LogP contribution in [-0.2, 0) is 19.6 Å². The van der Waals surface area contributed by atoms with E-state index in [1.807, 2.05) is 0 Å². The lowest BCUT2D eigenvalue weighted by molar-refractivity contribution is -0.149. The fourth-order valence-corrected chi connectivity index (χ4v) is 5.98. The molecule has 0 spiro atoms. The van der Waals surface area contributed by atoms with E-state index in [0.29, 0.717) is 17.7 Å². The largest absolute Gasteiger partial charge is 0.493 e. The molecule has 1 aliphatic heterocycles. The number of benzene rings is 2. The molecule has 1 fully saturated rings. The van der Waals surface area contributed by atoms with E-state index in [0.717, 1.165) is 0 Å². The number of rotatable bonds is 8. The van der Waals surface area contributed by atoms with Crippen LogP contribution in [0.2, 0.25) is 0 Å². The van der Waals surface area contributed by atoms with E-state index in [9.17, 15) is 23.1 Å². The molecule has 3 unspecified atom stereocenters. The molecule has 1 amide bonds. The van der Waals surface area contributed by atoms with E-state index in [1.54, 1.807) is 43.3 Å². The van der Waals surface area contributed by atoms with Crippen molar-refractivity contribution in [1.82, 2.24) is 9.84 Å². The Bertz CT molecular complexity index is 1230. The number of sulfonamides is 1. The SMILES string of the molecule is CCC(=O)NC/C=C\c1ccccc1S(=O)(=O)N(F)C1(C(=O)O)C2COc3ccccc3C21. The highest BCUT2D eigenvalue weighted by Crippen LogP contribution is 2.66. The minimum Gasteiger partial charge on any atom is -0.493 e. The lowest BCUT2D eigenvalue weighted by Gasteiger charge is -2.22. The number of para-hydroxylation sites is 1. The van der Waals surface area contributed by atoms with Crippen molar-refractivity contribution in [3.8, 4) is 5.75 Å². The van der Waals surface area contributed by atoms with Crippen LogP contribution in [0.15, 0.2) is 59.5 Å². The Balaban J connectivity index is 1.68. The number of halogens is 1. The molecule has 8 nitrogen and oxygen atoms in total. The monoisotopic (exact) mass is 474 g/mol. The fourth-order valence-electron chi connectivity index (χ4n) is 4.40. The Hall–Kier alpha value is -3.24. The summed E-state index contributed by atoms with van der Waals surface area (Å²) in [6.07, 6.45) is 3.29. The maximum absolute atomic E-state index is 15.8. The van der Waals surface area contributed by atoms with Gasteiger partial charge < -0.3 is 15.2 Å². The van der Waals surface area contributed by atoms with Gasteiger partial charge in [0.25, 0.3) is 10.0 Å². The molecule has 0 radical (unpaired) electrons. The summed E-state index contributed by atoms with van der Waals surface area (Å²) in [5, 5.41) is 12.6. The van der Waals surface area contributed by atoms with E-state index in [-0.39, 0.29) is 29.5 Å². The smallest absolute Gasteiger partial charge is 0.329 e. The van der Waals surface area contributed by atoms with Crippen molar-refractivity contribution in [2.45, 2.75) is 29.7 Å². The summed E-state index contributed by atoms with van der Waals surface area (Å²) < 4.78 is 47.5. The molecule has 2 N–H and O–H groups in total. The first kappa shape index (κ1) is 22.9. The number of carboxylic acids is 1. The lowest BCUT2D eigenvalue weighted by atomic mass is 10.0. The topological polar surface area (TPSA) is 113 Å². The van der Waals surface area contributed by atoms with Gasteiger partial charge in [-0.1, -0.05) is 55.5 Å². The molecule has 0 saturated heterocycles. The van der Waals surface area contributed by atoms with E-state index in [4.69, 9.17) is 4.74 Å². The van der Waals surface area contributed by atoms with Crippen molar-refractivity contribution in [2.75, 3.05) is 13.2 Å². The number of carbonyl (C=O) groups is 2. The number of carbonyl (C=O) groups excluding carboxylic acids is 1. The van der Waals surface area contributed by atoms with Crippen molar-refractivity contribution < 1.29 is 32.3 Å². The summed E-state index contributed by atoms with van der Waals surface area (Å²) in [5.41, 5.74) is -1.65. The molecule has 33 heavy (non-hydrogen) atoms. The van der Waals surface area contributed by atoms with Gasteiger partial charge in [-0.2, -0.15) is 0 Å². The standard InChI is InChI=1S/C23H23FN2O6S/c1-2-20(27)25-13-7-9-15-8-3-6-12-19(15)33(30,31)26(24)23(22(28)29)17-14-32-18-11-5-4-10-16(18)21(17)23/h3-12,17,21H,2,13-14H2,1H3,(H,25,27)(H,28,29)/b9-7-. The molecule has 3 atom stereocenters. The van der Waals surface area contributed by atoms with Crippen LogP contribution in [0.5, 0.6) is 5.75 Å². The average Bonchev–Trinajstić information content (AvgIpc) is 3.52. The molecule has 1 heterocycles. The number of carboxylic acid groups (broad SMARTS) is 1. The number of aliphatic carboxylic acids is 1. The van der Waals surface area contributed by atoms with Gasteiger partial charge in [0.15, 0.2) is 5.54 Å². The molecule has 0 aromatic heterocycles. The van der Waals surface area contributed by atoms with Gasteiger partial charge in [-0.15, -0.1) is 4.48 Å². The molecule has 174 valence electrons. The van der Waals surface area contributed by atoms with Crippen LogP contribution in [0, 0.1) is 5.92 Å². The Labute approximate surface area is 190 Å². The van der Waals surface area contributed by atoms with Crippen molar-refractivity contribution in [2.24, 2.45) is 5.92 Å². The first-order valence-corrected chi connectivity index (χ1v) is 11.9. The molecule has 2 aromatic rings. The Kier molecular flexibility index (Phi) is 5.98. The first-order chi connectivity index (χ1) is 15.8. The number of hydrogen-bond acceptors (Lipinski definition) is 5. The van der Waals surface area contributed by atoms with Crippen molar-refractivity contribution >= 4 is 28.0 Å². The van der Waals surface area contributed by atoms with Gasteiger partial charge in [-0.05, 0) is 22.2 Å². The van der Waals surface area contributed by atoms with Crippen LogP contribution in [0.3, 0.4) is 0 Å². The molecule has 1 saturated carbocycles. The molecule has 1 aliphatic carbocycles. The highest BCUT2D eigenvalue weighted by Gasteiger charge is 2.79. The van der Waals surface area contributed by atoms with Crippen LogP contribution < -0.4 is 10.1 Å². The normalized spacial score (nSPS) is 23.5. The van der Waals surface area contributed by atoms with Gasteiger partial charge >= 0.3 is 5.97 Å². The van der Waals surface area contributed by atoms with Crippen LogP contribution in [0.4, 0.5) is 4.48 Å². The highest BCUT2D eigenvalue weighted by molar-refractivity contribution is 7.89. The predicted octanol–water partition coefficient (Wildman–Crippen LogP) is 2.73. The maximum atomic E-state index is 15.8. The third-order valence-corrected chi connectivity index (χ3v) is 7.73. The zero-order valence-electron chi connectivity index (χ0n) is 17.8. The lowest BCUT2D eigenvalue weighted by Crippen LogP contribution is -2.45. The fraction of sp³-hybridized carbons (Fsp3) is 0.304. The zero-order chi connectivity index (χ0) is 23.8. The van der Waals surface area contributed by atoms with Crippen molar-refractivity contribution in [3.05, 3.63) is 65.7 Å². The highest BCUT2D eigenvalue weighted by atomic mass is 32.2. The van der Waals surface area contributed by atoms with Crippen LogP contribution >= 0.6 is 0 Å². The Morgan fingerprint density at radius 1 is 1.24 bits per heavy atom. The van der Waals surface area contributed by atoms with Crippen LogP contribution in [-0.4, -0.2) is 48.6 Å². The molecular weight excluding hydrogens is 451 g/mol. The second-order valence-electron chi connectivity index (χ2n) is 7.88.